The number of hydrogen-bond donors (Lipinski definition) is 2. The Morgan fingerprint density at radius 2 is 1.88 bits per heavy atom. The van der Waals surface area contributed by atoms with Gasteiger partial charge in [-0.15, -0.1) is 24.0 Å². The van der Waals surface area contributed by atoms with Crippen LogP contribution in [0.5, 0.6) is 0 Å². The number of ether oxygens (including phenoxy) is 2. The van der Waals surface area contributed by atoms with E-state index in [9.17, 15) is 0 Å². The Hall–Kier alpha value is -0.120. The minimum Gasteiger partial charge on any atom is -0.379 e. The predicted molar refractivity (Wildman–Crippen MR) is 119 cm³/mol. The maximum atomic E-state index is 6.08. The van der Waals surface area contributed by atoms with E-state index in [2.05, 4.69) is 43.2 Å². The first-order valence-corrected chi connectivity index (χ1v) is 9.94. The molecule has 2 atom stereocenters. The second-order valence-electron chi connectivity index (χ2n) is 8.16. The van der Waals surface area contributed by atoms with Crippen LogP contribution in [0.2, 0.25) is 0 Å². The van der Waals surface area contributed by atoms with Crippen LogP contribution in [0, 0.1) is 11.3 Å². The number of hydrogen-bond acceptors (Lipinski definition) is 4. The number of morpholine rings is 1. The maximum Gasteiger partial charge on any atom is 0.191 e. The van der Waals surface area contributed by atoms with Crippen molar-refractivity contribution in [1.82, 2.24) is 15.5 Å². The lowest BCUT2D eigenvalue weighted by atomic mass is 9.78. The molecular weight excluding hydrogens is 443 g/mol. The summed E-state index contributed by atoms with van der Waals surface area (Å²) >= 11 is 0. The Bertz CT molecular complexity index is 409. The molecule has 154 valence electrons. The molecule has 2 aliphatic heterocycles. The molecule has 2 aliphatic rings. The number of nitrogens with zero attached hydrogens (tertiary/aromatic N) is 2. The number of nitrogens with one attached hydrogen (secondary N) is 2. The lowest BCUT2D eigenvalue weighted by Gasteiger charge is -2.39. The summed E-state index contributed by atoms with van der Waals surface area (Å²) in [6, 6.07) is 0. The quantitative estimate of drug-likeness (QED) is 0.346. The van der Waals surface area contributed by atoms with E-state index in [-0.39, 0.29) is 29.4 Å². The monoisotopic (exact) mass is 482 g/mol. The molecule has 0 aromatic heterocycles. The van der Waals surface area contributed by atoms with Crippen molar-refractivity contribution in [3.63, 3.8) is 0 Å². The molecule has 0 aliphatic carbocycles. The minimum atomic E-state index is 0. The van der Waals surface area contributed by atoms with Crippen LogP contribution in [0.1, 0.15) is 40.5 Å². The van der Waals surface area contributed by atoms with Crippen molar-refractivity contribution in [3.05, 3.63) is 0 Å². The van der Waals surface area contributed by atoms with Gasteiger partial charge in [0.15, 0.2) is 5.96 Å². The molecule has 0 spiro atoms. The van der Waals surface area contributed by atoms with Crippen molar-refractivity contribution in [2.75, 3.05) is 59.1 Å². The molecule has 2 heterocycles. The molecule has 2 saturated heterocycles. The highest BCUT2D eigenvalue weighted by atomic mass is 127. The first-order valence-electron chi connectivity index (χ1n) is 9.94. The van der Waals surface area contributed by atoms with Crippen molar-refractivity contribution < 1.29 is 9.47 Å². The van der Waals surface area contributed by atoms with E-state index in [0.29, 0.717) is 12.0 Å². The fraction of sp³-hybridized carbons (Fsp3) is 0.947. The summed E-state index contributed by atoms with van der Waals surface area (Å²) in [6.07, 6.45) is 2.65. The van der Waals surface area contributed by atoms with Gasteiger partial charge in [0.2, 0.25) is 0 Å². The summed E-state index contributed by atoms with van der Waals surface area (Å²) in [5, 5.41) is 6.85. The fourth-order valence-corrected chi connectivity index (χ4v) is 3.69. The molecule has 2 rings (SSSR count). The Morgan fingerprint density at radius 1 is 1.15 bits per heavy atom. The fourth-order valence-electron chi connectivity index (χ4n) is 3.69. The average Bonchev–Trinajstić information content (AvgIpc) is 2.60. The zero-order valence-electron chi connectivity index (χ0n) is 17.1. The summed E-state index contributed by atoms with van der Waals surface area (Å²) in [5.74, 6) is 1.43. The zero-order chi connectivity index (χ0) is 18.1. The third-order valence-corrected chi connectivity index (χ3v) is 4.95. The van der Waals surface area contributed by atoms with Gasteiger partial charge in [-0.1, -0.05) is 20.8 Å². The smallest absolute Gasteiger partial charge is 0.191 e. The lowest BCUT2D eigenvalue weighted by molar-refractivity contribution is -0.0823. The second kappa shape index (κ2) is 12.4. The van der Waals surface area contributed by atoms with Crippen LogP contribution in [0.25, 0.3) is 0 Å². The lowest BCUT2D eigenvalue weighted by Crippen LogP contribution is -2.45. The predicted octanol–water partition coefficient (Wildman–Crippen LogP) is 2.33. The molecule has 0 saturated carbocycles. The number of halogens is 1. The SMILES string of the molecule is CCNC(=NCC1CCCOC1C(C)(C)C)NCCN1CCOCC1.I. The van der Waals surface area contributed by atoms with Gasteiger partial charge in [0, 0.05) is 51.8 Å². The topological polar surface area (TPSA) is 58.1 Å². The third kappa shape index (κ3) is 8.27. The van der Waals surface area contributed by atoms with Crippen LogP contribution < -0.4 is 10.6 Å². The van der Waals surface area contributed by atoms with E-state index in [4.69, 9.17) is 14.5 Å². The molecule has 0 radical (unpaired) electrons. The zero-order valence-corrected chi connectivity index (χ0v) is 19.4. The Labute approximate surface area is 176 Å². The van der Waals surface area contributed by atoms with Crippen LogP contribution in [0.3, 0.4) is 0 Å². The largest absolute Gasteiger partial charge is 0.379 e. The van der Waals surface area contributed by atoms with Crippen molar-refractivity contribution in [2.24, 2.45) is 16.3 Å². The Kier molecular flexibility index (Phi) is 11.4. The Balaban J connectivity index is 0.00000338. The summed E-state index contributed by atoms with van der Waals surface area (Å²) in [6.45, 7) is 17.2. The van der Waals surface area contributed by atoms with Crippen LogP contribution in [-0.2, 0) is 9.47 Å². The molecule has 2 unspecified atom stereocenters. The maximum absolute atomic E-state index is 6.08. The molecule has 2 fully saturated rings. The molecule has 6 nitrogen and oxygen atoms in total. The second-order valence-corrected chi connectivity index (χ2v) is 8.16. The number of guanidine groups is 1. The standard InChI is InChI=1S/C19H38N4O2.HI/c1-5-20-18(21-8-9-23-10-13-24-14-11-23)22-15-16-7-6-12-25-17(16)19(2,3)4;/h16-17H,5-15H2,1-4H3,(H2,20,21,22);1H. The van der Waals surface area contributed by atoms with Crippen LogP contribution >= 0.6 is 24.0 Å². The van der Waals surface area contributed by atoms with E-state index >= 15 is 0 Å². The number of rotatable bonds is 6. The summed E-state index contributed by atoms with van der Waals surface area (Å²) in [4.78, 5) is 7.29. The molecule has 7 heteroatoms. The van der Waals surface area contributed by atoms with Gasteiger partial charge in [-0.05, 0) is 25.2 Å². The normalized spacial score (nSPS) is 25.5. The minimum absolute atomic E-state index is 0. The molecule has 26 heavy (non-hydrogen) atoms. The van der Waals surface area contributed by atoms with E-state index in [0.717, 1.165) is 71.5 Å². The summed E-state index contributed by atoms with van der Waals surface area (Å²) in [7, 11) is 0. The first-order chi connectivity index (χ1) is 12.0. The van der Waals surface area contributed by atoms with E-state index in [1.807, 2.05) is 0 Å². The highest BCUT2D eigenvalue weighted by Gasteiger charge is 2.35. The van der Waals surface area contributed by atoms with E-state index in [1.165, 1.54) is 6.42 Å². The van der Waals surface area contributed by atoms with Gasteiger partial charge in [0.1, 0.15) is 0 Å². The van der Waals surface area contributed by atoms with Gasteiger partial charge in [0.25, 0.3) is 0 Å². The highest BCUT2D eigenvalue weighted by molar-refractivity contribution is 14.0. The first kappa shape index (κ1) is 23.9. The van der Waals surface area contributed by atoms with Gasteiger partial charge in [-0.2, -0.15) is 0 Å². The van der Waals surface area contributed by atoms with Gasteiger partial charge in [0.05, 0.1) is 19.3 Å². The summed E-state index contributed by atoms with van der Waals surface area (Å²) in [5.41, 5.74) is 0.169. The van der Waals surface area contributed by atoms with Crippen molar-refractivity contribution in [1.29, 1.82) is 0 Å². The average molecular weight is 482 g/mol. The molecule has 0 aromatic rings. The molecule has 0 amide bonds. The molecule has 0 aromatic carbocycles. The van der Waals surface area contributed by atoms with Gasteiger partial charge in [-0.3, -0.25) is 9.89 Å². The van der Waals surface area contributed by atoms with E-state index < -0.39 is 0 Å². The van der Waals surface area contributed by atoms with Gasteiger partial charge in [-0.25, -0.2) is 0 Å². The highest BCUT2D eigenvalue weighted by Crippen LogP contribution is 2.34. The van der Waals surface area contributed by atoms with Crippen LogP contribution in [-0.4, -0.2) is 76.1 Å². The number of aliphatic imine (C=N–C) groups is 1. The van der Waals surface area contributed by atoms with Crippen LogP contribution in [0.15, 0.2) is 4.99 Å². The van der Waals surface area contributed by atoms with E-state index in [1.54, 1.807) is 0 Å². The summed E-state index contributed by atoms with van der Waals surface area (Å²) < 4.78 is 11.5. The third-order valence-electron chi connectivity index (χ3n) is 4.95. The molecule has 0 bridgehead atoms. The van der Waals surface area contributed by atoms with Crippen molar-refractivity contribution >= 4 is 29.9 Å². The molecule has 2 N–H and O–H groups in total. The van der Waals surface area contributed by atoms with Crippen LogP contribution in [0.4, 0.5) is 0 Å². The van der Waals surface area contributed by atoms with Crippen molar-refractivity contribution in [2.45, 2.75) is 46.6 Å². The van der Waals surface area contributed by atoms with Crippen molar-refractivity contribution in [3.8, 4) is 0 Å². The molecular formula is C19H39IN4O2. The van der Waals surface area contributed by atoms with Gasteiger partial charge >= 0.3 is 0 Å². The Morgan fingerprint density at radius 3 is 2.54 bits per heavy atom. The van der Waals surface area contributed by atoms with Gasteiger partial charge < -0.3 is 20.1 Å².